The van der Waals surface area contributed by atoms with E-state index >= 15 is 0 Å². The Morgan fingerprint density at radius 1 is 1.42 bits per heavy atom. The van der Waals surface area contributed by atoms with E-state index in [0.29, 0.717) is 13.2 Å². The van der Waals surface area contributed by atoms with Crippen molar-refractivity contribution in [3.05, 3.63) is 24.3 Å². The summed E-state index contributed by atoms with van der Waals surface area (Å²) >= 11 is 0. The molecule has 0 bridgehead atoms. The van der Waals surface area contributed by atoms with Crippen molar-refractivity contribution in [2.24, 2.45) is 5.92 Å². The van der Waals surface area contributed by atoms with Gasteiger partial charge in [0.05, 0.1) is 0 Å². The van der Waals surface area contributed by atoms with E-state index in [1.807, 2.05) is 12.1 Å². The molecule has 4 nitrogen and oxygen atoms in total. The molecule has 3 N–H and O–H groups in total. The summed E-state index contributed by atoms with van der Waals surface area (Å²) in [5.41, 5.74) is 6.32. The van der Waals surface area contributed by atoms with Gasteiger partial charge in [0.2, 0.25) is 0 Å². The van der Waals surface area contributed by atoms with Crippen LogP contribution in [0.4, 0.5) is 5.69 Å². The Hall–Kier alpha value is -1.26. The van der Waals surface area contributed by atoms with E-state index < -0.39 is 6.10 Å². The monoisotopic (exact) mass is 264 g/mol. The fraction of sp³-hybridized carbons (Fsp3) is 0.600. The second-order valence-corrected chi connectivity index (χ2v) is 5.36. The lowest BCUT2D eigenvalue weighted by atomic mass is 10.1. The molecule has 19 heavy (non-hydrogen) atoms. The predicted octanol–water partition coefficient (Wildman–Crippen LogP) is 1.74. The van der Waals surface area contributed by atoms with Crippen LogP contribution in [-0.4, -0.2) is 42.4 Å². The van der Waals surface area contributed by atoms with Crippen LogP contribution in [0.1, 0.15) is 19.8 Å². The minimum Gasteiger partial charge on any atom is -0.491 e. The lowest BCUT2D eigenvalue weighted by Crippen LogP contribution is -2.34. The van der Waals surface area contributed by atoms with Crippen molar-refractivity contribution in [2.45, 2.75) is 25.9 Å². The minimum atomic E-state index is -0.437. The van der Waals surface area contributed by atoms with Crippen LogP contribution in [0.5, 0.6) is 5.75 Å². The first-order chi connectivity index (χ1) is 9.17. The van der Waals surface area contributed by atoms with Crippen molar-refractivity contribution in [1.29, 1.82) is 0 Å². The Morgan fingerprint density at radius 2 is 2.16 bits per heavy atom. The van der Waals surface area contributed by atoms with Crippen molar-refractivity contribution in [1.82, 2.24) is 4.90 Å². The summed E-state index contributed by atoms with van der Waals surface area (Å²) in [5, 5.41) is 9.99. The first-order valence-corrected chi connectivity index (χ1v) is 7.06. The van der Waals surface area contributed by atoms with E-state index in [-0.39, 0.29) is 0 Å². The van der Waals surface area contributed by atoms with E-state index in [1.54, 1.807) is 12.1 Å². The lowest BCUT2D eigenvalue weighted by molar-refractivity contribution is 0.0746. The number of hydrogen-bond donors (Lipinski definition) is 2. The molecular formula is C15H24N2O2. The Morgan fingerprint density at radius 3 is 2.79 bits per heavy atom. The standard InChI is InChI=1S/C15H24N2O2/c1-2-12-7-8-17(9-12)10-14(18)11-19-15-5-3-13(16)4-6-15/h3-6,12,14,18H,2,7-11,16H2,1H3. The molecule has 0 saturated carbocycles. The summed E-state index contributed by atoms with van der Waals surface area (Å²) in [6.45, 7) is 5.46. The Bertz CT molecular complexity index is 380. The number of nitrogens with two attached hydrogens (primary N) is 1. The van der Waals surface area contributed by atoms with E-state index in [1.165, 1.54) is 12.8 Å². The summed E-state index contributed by atoms with van der Waals surface area (Å²) in [6, 6.07) is 7.25. The van der Waals surface area contributed by atoms with Crippen molar-refractivity contribution < 1.29 is 9.84 Å². The van der Waals surface area contributed by atoms with E-state index in [4.69, 9.17) is 10.5 Å². The van der Waals surface area contributed by atoms with Gasteiger partial charge in [-0.15, -0.1) is 0 Å². The molecule has 1 aliphatic rings. The van der Waals surface area contributed by atoms with E-state index in [2.05, 4.69) is 11.8 Å². The molecule has 4 heteroatoms. The van der Waals surface area contributed by atoms with Gasteiger partial charge in [0.1, 0.15) is 18.5 Å². The zero-order valence-electron chi connectivity index (χ0n) is 11.6. The number of ether oxygens (including phenoxy) is 1. The van der Waals surface area contributed by atoms with Gasteiger partial charge in [0.25, 0.3) is 0 Å². The highest BCUT2D eigenvalue weighted by Gasteiger charge is 2.22. The lowest BCUT2D eigenvalue weighted by Gasteiger charge is -2.20. The number of likely N-dealkylation sites (tertiary alicyclic amines) is 1. The topological polar surface area (TPSA) is 58.7 Å². The molecule has 2 unspecified atom stereocenters. The zero-order chi connectivity index (χ0) is 13.7. The maximum absolute atomic E-state index is 9.99. The van der Waals surface area contributed by atoms with Crippen molar-refractivity contribution >= 4 is 5.69 Å². The van der Waals surface area contributed by atoms with Crippen LogP contribution in [0.2, 0.25) is 0 Å². The third kappa shape index (κ3) is 4.40. The number of β-amino-alcohol motifs (C(OH)–C–C–N with tert-alkyl or cyclic N) is 1. The number of benzene rings is 1. The zero-order valence-corrected chi connectivity index (χ0v) is 11.6. The van der Waals surface area contributed by atoms with Gasteiger partial charge in [0, 0.05) is 18.8 Å². The maximum atomic E-state index is 9.99. The molecule has 1 aromatic carbocycles. The van der Waals surface area contributed by atoms with Crippen molar-refractivity contribution in [2.75, 3.05) is 32.0 Å². The molecule has 0 amide bonds. The van der Waals surface area contributed by atoms with Gasteiger partial charge in [-0.3, -0.25) is 0 Å². The highest BCUT2D eigenvalue weighted by atomic mass is 16.5. The Kier molecular flexibility index (Phi) is 5.05. The van der Waals surface area contributed by atoms with Gasteiger partial charge >= 0.3 is 0 Å². The summed E-state index contributed by atoms with van der Waals surface area (Å²) < 4.78 is 5.55. The van der Waals surface area contributed by atoms with Gasteiger partial charge in [-0.2, -0.15) is 0 Å². The van der Waals surface area contributed by atoms with Crippen LogP contribution in [0, 0.1) is 5.92 Å². The van der Waals surface area contributed by atoms with E-state index in [9.17, 15) is 5.11 Å². The molecule has 2 atom stereocenters. The van der Waals surface area contributed by atoms with Gasteiger partial charge in [-0.25, -0.2) is 0 Å². The first kappa shape index (κ1) is 14.2. The fourth-order valence-corrected chi connectivity index (χ4v) is 2.52. The molecule has 106 valence electrons. The van der Waals surface area contributed by atoms with Crippen LogP contribution < -0.4 is 10.5 Å². The molecule has 0 radical (unpaired) electrons. The third-order valence-corrected chi connectivity index (χ3v) is 3.74. The summed E-state index contributed by atoms with van der Waals surface area (Å²) in [4.78, 5) is 2.32. The Balaban J connectivity index is 1.70. The average Bonchev–Trinajstić information content (AvgIpc) is 2.86. The SMILES string of the molecule is CCC1CCN(CC(O)COc2ccc(N)cc2)C1. The molecule has 1 aliphatic heterocycles. The number of nitrogen functional groups attached to an aromatic ring is 1. The number of hydrogen-bond acceptors (Lipinski definition) is 4. The number of anilines is 1. The largest absolute Gasteiger partial charge is 0.491 e. The molecule has 0 aromatic heterocycles. The van der Waals surface area contributed by atoms with Gasteiger partial charge in [-0.1, -0.05) is 13.3 Å². The molecule has 1 fully saturated rings. The van der Waals surface area contributed by atoms with Crippen molar-refractivity contribution in [3.8, 4) is 5.75 Å². The molecule has 2 rings (SSSR count). The first-order valence-electron chi connectivity index (χ1n) is 7.06. The molecule has 0 aliphatic carbocycles. The molecule has 1 saturated heterocycles. The van der Waals surface area contributed by atoms with Crippen LogP contribution >= 0.6 is 0 Å². The molecule has 1 heterocycles. The average molecular weight is 264 g/mol. The normalized spacial score (nSPS) is 21.5. The highest BCUT2D eigenvalue weighted by molar-refractivity contribution is 5.41. The van der Waals surface area contributed by atoms with Crippen molar-refractivity contribution in [3.63, 3.8) is 0 Å². The predicted molar refractivity (Wildman–Crippen MR) is 77.2 cm³/mol. The van der Waals surface area contributed by atoms with Gasteiger partial charge in [0.15, 0.2) is 0 Å². The van der Waals surface area contributed by atoms with Crippen LogP contribution in [-0.2, 0) is 0 Å². The van der Waals surface area contributed by atoms with E-state index in [0.717, 1.165) is 30.4 Å². The minimum absolute atomic E-state index is 0.331. The number of aliphatic hydroxyl groups excluding tert-OH is 1. The number of aliphatic hydroxyl groups is 1. The summed E-state index contributed by atoms with van der Waals surface area (Å²) in [5.74, 6) is 1.55. The summed E-state index contributed by atoms with van der Waals surface area (Å²) in [6.07, 6.45) is 2.05. The molecule has 0 spiro atoms. The third-order valence-electron chi connectivity index (χ3n) is 3.74. The van der Waals surface area contributed by atoms with Crippen LogP contribution in [0.25, 0.3) is 0 Å². The molecular weight excluding hydrogens is 240 g/mol. The number of nitrogens with zero attached hydrogens (tertiary/aromatic N) is 1. The second kappa shape index (κ2) is 6.78. The molecule has 1 aromatic rings. The highest BCUT2D eigenvalue weighted by Crippen LogP contribution is 2.19. The maximum Gasteiger partial charge on any atom is 0.119 e. The fourth-order valence-electron chi connectivity index (χ4n) is 2.52. The quantitative estimate of drug-likeness (QED) is 0.768. The smallest absolute Gasteiger partial charge is 0.119 e. The summed E-state index contributed by atoms with van der Waals surface area (Å²) in [7, 11) is 0. The Labute approximate surface area is 115 Å². The second-order valence-electron chi connectivity index (χ2n) is 5.36. The van der Waals surface area contributed by atoms with Crippen LogP contribution in [0.3, 0.4) is 0 Å². The van der Waals surface area contributed by atoms with Gasteiger partial charge < -0.3 is 20.5 Å². The number of rotatable bonds is 6. The van der Waals surface area contributed by atoms with Gasteiger partial charge in [-0.05, 0) is 43.1 Å². The van der Waals surface area contributed by atoms with Crippen LogP contribution in [0.15, 0.2) is 24.3 Å².